The van der Waals surface area contributed by atoms with Gasteiger partial charge in [-0.25, -0.2) is 8.42 Å². The predicted molar refractivity (Wildman–Crippen MR) is 130 cm³/mol. The second-order valence-electron chi connectivity index (χ2n) is 8.69. The molecular formula is C24H30ClN3O4S. The number of sulfonamides is 1. The van der Waals surface area contributed by atoms with Crippen LogP contribution >= 0.6 is 11.6 Å². The molecular weight excluding hydrogens is 462 g/mol. The lowest BCUT2D eigenvalue weighted by Gasteiger charge is -2.32. The number of anilines is 1. The average molecular weight is 492 g/mol. The molecule has 0 saturated carbocycles. The maximum absolute atomic E-state index is 12.9. The number of nitrogens with one attached hydrogen (secondary N) is 2. The number of para-hydroxylation sites is 1. The van der Waals surface area contributed by atoms with Gasteiger partial charge in [-0.2, -0.15) is 4.31 Å². The van der Waals surface area contributed by atoms with E-state index in [1.54, 1.807) is 48.5 Å². The fraction of sp³-hybridized carbons (Fsp3) is 0.417. The average Bonchev–Trinajstić information content (AvgIpc) is 2.79. The molecule has 0 radical (unpaired) electrons. The van der Waals surface area contributed by atoms with Gasteiger partial charge in [0.1, 0.15) is 6.04 Å². The van der Waals surface area contributed by atoms with Crippen molar-refractivity contribution in [3.05, 3.63) is 59.1 Å². The van der Waals surface area contributed by atoms with Crippen LogP contribution in [0, 0.1) is 18.8 Å². The highest BCUT2D eigenvalue weighted by Crippen LogP contribution is 2.25. The van der Waals surface area contributed by atoms with Crippen molar-refractivity contribution in [2.75, 3.05) is 18.4 Å². The van der Waals surface area contributed by atoms with E-state index >= 15 is 0 Å². The number of nitrogens with zero attached hydrogens (tertiary/aromatic N) is 1. The third-order valence-corrected chi connectivity index (χ3v) is 8.10. The summed E-state index contributed by atoms with van der Waals surface area (Å²) in [6, 6.07) is 12.9. The molecule has 1 aliphatic heterocycles. The topological polar surface area (TPSA) is 95.6 Å². The van der Waals surface area contributed by atoms with Gasteiger partial charge in [0.15, 0.2) is 0 Å². The monoisotopic (exact) mass is 491 g/mol. The molecule has 0 aliphatic carbocycles. The molecule has 9 heteroatoms. The number of benzene rings is 2. The van der Waals surface area contributed by atoms with Crippen LogP contribution in [0.4, 0.5) is 5.69 Å². The zero-order valence-corrected chi connectivity index (χ0v) is 20.6. The summed E-state index contributed by atoms with van der Waals surface area (Å²) in [5.41, 5.74) is 1.47. The van der Waals surface area contributed by atoms with Gasteiger partial charge in [0.25, 0.3) is 0 Å². The zero-order valence-electron chi connectivity index (χ0n) is 19.0. The van der Waals surface area contributed by atoms with Gasteiger partial charge in [-0.3, -0.25) is 9.59 Å². The Kier molecular flexibility index (Phi) is 8.15. The number of carbonyl (C=O) groups excluding carboxylic acids is 2. The van der Waals surface area contributed by atoms with Crippen LogP contribution in [0.25, 0.3) is 0 Å². The lowest BCUT2D eigenvalue weighted by molar-refractivity contribution is -0.130. The highest BCUT2D eigenvalue weighted by atomic mass is 35.5. The molecule has 0 spiro atoms. The van der Waals surface area contributed by atoms with Gasteiger partial charge in [0.05, 0.1) is 15.6 Å². The Bertz CT molecular complexity index is 1090. The number of rotatable bonds is 7. The minimum Gasteiger partial charge on any atom is -0.344 e. The van der Waals surface area contributed by atoms with E-state index < -0.39 is 16.1 Å². The summed E-state index contributed by atoms with van der Waals surface area (Å²) in [5.74, 6) is -1.08. The quantitative estimate of drug-likeness (QED) is 0.615. The lowest BCUT2D eigenvalue weighted by Crippen LogP contribution is -2.50. The van der Waals surface area contributed by atoms with Crippen LogP contribution in [0.2, 0.25) is 5.02 Å². The fourth-order valence-corrected chi connectivity index (χ4v) is 5.45. The van der Waals surface area contributed by atoms with Crippen molar-refractivity contribution in [2.24, 2.45) is 11.8 Å². The molecule has 0 bridgehead atoms. The molecule has 2 aromatic rings. The minimum absolute atomic E-state index is 0.140. The molecule has 1 unspecified atom stereocenters. The smallest absolute Gasteiger partial charge is 0.247 e. The van der Waals surface area contributed by atoms with Crippen molar-refractivity contribution < 1.29 is 18.0 Å². The van der Waals surface area contributed by atoms with E-state index in [0.29, 0.717) is 23.6 Å². The molecule has 1 aliphatic rings. The summed E-state index contributed by atoms with van der Waals surface area (Å²) < 4.78 is 27.2. The summed E-state index contributed by atoms with van der Waals surface area (Å²) in [4.78, 5) is 26.0. The molecule has 2 amide bonds. The molecule has 0 aromatic heterocycles. The standard InChI is InChI=1S/C24H30ClN3O4S/c1-16(2)22(24(30)26-21-7-5-4-6-20(21)25)27-23(29)18-12-14-28(15-13-18)33(31,32)19-10-8-17(3)9-11-19/h4-11,16,18,22H,12-15H2,1-3H3,(H,26,30)(H,27,29). The third-order valence-electron chi connectivity index (χ3n) is 5.86. The number of halogens is 1. The molecule has 2 aromatic carbocycles. The first-order valence-electron chi connectivity index (χ1n) is 11.0. The van der Waals surface area contributed by atoms with Gasteiger partial charge < -0.3 is 10.6 Å². The largest absolute Gasteiger partial charge is 0.344 e. The van der Waals surface area contributed by atoms with Crippen LogP contribution < -0.4 is 10.6 Å². The van der Waals surface area contributed by atoms with Crippen molar-refractivity contribution in [2.45, 2.75) is 44.6 Å². The van der Waals surface area contributed by atoms with Gasteiger partial charge in [-0.1, -0.05) is 55.3 Å². The van der Waals surface area contributed by atoms with Crippen molar-refractivity contribution in [3.8, 4) is 0 Å². The van der Waals surface area contributed by atoms with E-state index in [2.05, 4.69) is 10.6 Å². The molecule has 7 nitrogen and oxygen atoms in total. The Hall–Kier alpha value is -2.42. The minimum atomic E-state index is -3.59. The van der Waals surface area contributed by atoms with E-state index in [0.717, 1.165) is 5.56 Å². The van der Waals surface area contributed by atoms with Crippen LogP contribution in [0.1, 0.15) is 32.3 Å². The van der Waals surface area contributed by atoms with Crippen molar-refractivity contribution in [3.63, 3.8) is 0 Å². The van der Waals surface area contributed by atoms with E-state index in [4.69, 9.17) is 11.6 Å². The maximum atomic E-state index is 12.9. The van der Waals surface area contributed by atoms with Crippen molar-refractivity contribution in [1.29, 1.82) is 0 Å². The normalized spacial score (nSPS) is 16.4. The van der Waals surface area contributed by atoms with Gasteiger partial charge in [-0.15, -0.1) is 0 Å². The Morgan fingerprint density at radius 1 is 1.03 bits per heavy atom. The summed E-state index contributed by atoms with van der Waals surface area (Å²) in [6.07, 6.45) is 0.793. The SMILES string of the molecule is Cc1ccc(S(=O)(=O)N2CCC(C(=O)NC(C(=O)Nc3ccccc3Cl)C(C)C)CC2)cc1. The fourth-order valence-electron chi connectivity index (χ4n) is 3.80. The Morgan fingerprint density at radius 2 is 1.64 bits per heavy atom. The van der Waals surface area contributed by atoms with E-state index in [1.165, 1.54) is 4.31 Å². The first-order valence-corrected chi connectivity index (χ1v) is 12.8. The first kappa shape index (κ1) is 25.2. The van der Waals surface area contributed by atoms with E-state index in [9.17, 15) is 18.0 Å². The van der Waals surface area contributed by atoms with E-state index in [1.807, 2.05) is 20.8 Å². The maximum Gasteiger partial charge on any atom is 0.247 e. The highest BCUT2D eigenvalue weighted by molar-refractivity contribution is 7.89. The Labute approximate surface area is 200 Å². The first-order chi connectivity index (χ1) is 15.6. The summed E-state index contributed by atoms with van der Waals surface area (Å²) >= 11 is 6.13. The molecule has 178 valence electrons. The summed E-state index contributed by atoms with van der Waals surface area (Å²) in [6.45, 7) is 6.13. The molecule has 1 saturated heterocycles. The number of aryl methyl sites for hydroxylation is 1. The van der Waals surface area contributed by atoms with Gasteiger partial charge in [0.2, 0.25) is 21.8 Å². The van der Waals surface area contributed by atoms with Crippen LogP contribution in [0.3, 0.4) is 0 Å². The number of hydrogen-bond donors (Lipinski definition) is 2. The molecule has 3 rings (SSSR count). The van der Waals surface area contributed by atoms with Gasteiger partial charge in [-0.05, 0) is 49.9 Å². The Morgan fingerprint density at radius 3 is 2.21 bits per heavy atom. The highest BCUT2D eigenvalue weighted by Gasteiger charge is 2.34. The molecule has 1 atom stereocenters. The van der Waals surface area contributed by atoms with Crippen LogP contribution in [0.15, 0.2) is 53.4 Å². The van der Waals surface area contributed by atoms with Gasteiger partial charge in [0, 0.05) is 19.0 Å². The number of amides is 2. The second kappa shape index (κ2) is 10.7. The second-order valence-corrected chi connectivity index (χ2v) is 11.0. The van der Waals surface area contributed by atoms with Crippen LogP contribution in [-0.2, 0) is 19.6 Å². The number of hydrogen-bond acceptors (Lipinski definition) is 4. The summed E-state index contributed by atoms with van der Waals surface area (Å²) in [5, 5.41) is 6.05. The predicted octanol–water partition coefficient (Wildman–Crippen LogP) is 3.83. The summed E-state index contributed by atoms with van der Waals surface area (Å²) in [7, 11) is -3.59. The molecule has 1 heterocycles. The van der Waals surface area contributed by atoms with Crippen LogP contribution in [0.5, 0.6) is 0 Å². The van der Waals surface area contributed by atoms with E-state index in [-0.39, 0.29) is 41.6 Å². The molecule has 33 heavy (non-hydrogen) atoms. The number of carbonyl (C=O) groups is 2. The molecule has 2 N–H and O–H groups in total. The number of piperidine rings is 1. The Balaban J connectivity index is 1.60. The third kappa shape index (κ3) is 6.13. The van der Waals surface area contributed by atoms with Crippen LogP contribution in [-0.4, -0.2) is 43.7 Å². The lowest BCUT2D eigenvalue weighted by atomic mass is 9.95. The molecule has 1 fully saturated rings. The van der Waals surface area contributed by atoms with Crippen molar-refractivity contribution >= 4 is 39.1 Å². The van der Waals surface area contributed by atoms with Crippen molar-refractivity contribution in [1.82, 2.24) is 9.62 Å². The zero-order chi connectivity index (χ0) is 24.2. The van der Waals surface area contributed by atoms with Gasteiger partial charge >= 0.3 is 0 Å².